The highest BCUT2D eigenvalue weighted by atomic mass is 35.5. The van der Waals surface area contributed by atoms with Crippen molar-refractivity contribution in [2.24, 2.45) is 5.92 Å². The van der Waals surface area contributed by atoms with Crippen LogP contribution in [0, 0.1) is 17.2 Å². The fourth-order valence-corrected chi connectivity index (χ4v) is 2.99. The normalized spacial score (nSPS) is 19.2. The summed E-state index contributed by atoms with van der Waals surface area (Å²) in [5.74, 6) is 1.26. The molecule has 1 fully saturated rings. The van der Waals surface area contributed by atoms with Crippen LogP contribution < -0.4 is 4.74 Å². The minimum absolute atomic E-state index is 0.119. The van der Waals surface area contributed by atoms with Crippen molar-refractivity contribution in [2.75, 3.05) is 7.11 Å². The Morgan fingerprint density at radius 1 is 1.17 bits per heavy atom. The number of hydrogen-bond donors (Lipinski definition) is 0. The molecule has 0 saturated heterocycles. The van der Waals surface area contributed by atoms with Crippen molar-refractivity contribution in [3.63, 3.8) is 0 Å². The van der Waals surface area contributed by atoms with Crippen molar-refractivity contribution in [3.05, 3.63) is 64.2 Å². The van der Waals surface area contributed by atoms with Crippen molar-refractivity contribution in [1.82, 2.24) is 0 Å². The van der Waals surface area contributed by atoms with Crippen molar-refractivity contribution in [2.45, 2.75) is 25.6 Å². The minimum Gasteiger partial charge on any atom is -0.497 e. The van der Waals surface area contributed by atoms with E-state index in [0.717, 1.165) is 28.9 Å². The third-order valence-electron chi connectivity index (χ3n) is 4.19. The van der Waals surface area contributed by atoms with E-state index in [1.165, 1.54) is 0 Å². The van der Waals surface area contributed by atoms with Gasteiger partial charge in [-0.1, -0.05) is 35.9 Å². The SMILES string of the molecule is COc1ccc(COCc2c(Cl)cccc2C2CC2C#N)cc1. The minimum atomic E-state index is 0.119. The quantitative estimate of drug-likeness (QED) is 0.772. The molecule has 0 radical (unpaired) electrons. The molecule has 0 bridgehead atoms. The molecule has 1 aliphatic carbocycles. The van der Waals surface area contributed by atoms with Gasteiger partial charge in [-0.25, -0.2) is 0 Å². The molecule has 2 aromatic rings. The summed E-state index contributed by atoms with van der Waals surface area (Å²) in [5, 5.41) is 9.75. The molecule has 0 N–H and O–H groups in total. The second-order valence-corrected chi connectivity index (χ2v) is 6.13. The van der Waals surface area contributed by atoms with E-state index in [0.29, 0.717) is 24.2 Å². The lowest BCUT2D eigenvalue weighted by atomic mass is 10.0. The Hall–Kier alpha value is -2.02. The average molecular weight is 328 g/mol. The molecule has 1 aliphatic rings. The second-order valence-electron chi connectivity index (χ2n) is 5.73. The van der Waals surface area contributed by atoms with Crippen LogP contribution in [0.25, 0.3) is 0 Å². The first-order chi connectivity index (χ1) is 11.2. The monoisotopic (exact) mass is 327 g/mol. The Morgan fingerprint density at radius 3 is 2.61 bits per heavy atom. The Balaban J connectivity index is 1.65. The van der Waals surface area contributed by atoms with Crippen molar-refractivity contribution < 1.29 is 9.47 Å². The fraction of sp³-hybridized carbons (Fsp3) is 0.316. The highest BCUT2D eigenvalue weighted by Gasteiger charge is 2.40. The fourth-order valence-electron chi connectivity index (χ4n) is 2.75. The lowest BCUT2D eigenvalue weighted by Gasteiger charge is -2.12. The highest BCUT2D eigenvalue weighted by Crippen LogP contribution is 2.49. The zero-order valence-corrected chi connectivity index (χ0v) is 13.7. The van der Waals surface area contributed by atoms with Crippen LogP contribution in [-0.2, 0) is 18.0 Å². The summed E-state index contributed by atoms with van der Waals surface area (Å²) < 4.78 is 11.0. The van der Waals surface area contributed by atoms with Crippen LogP contribution in [0.15, 0.2) is 42.5 Å². The molecule has 2 atom stereocenters. The molecule has 0 heterocycles. The van der Waals surface area contributed by atoms with Crippen LogP contribution >= 0.6 is 11.6 Å². The molecule has 1 saturated carbocycles. The third kappa shape index (κ3) is 3.67. The van der Waals surface area contributed by atoms with E-state index in [1.54, 1.807) is 7.11 Å². The van der Waals surface area contributed by atoms with Gasteiger partial charge in [0.1, 0.15) is 5.75 Å². The van der Waals surface area contributed by atoms with E-state index >= 15 is 0 Å². The summed E-state index contributed by atoms with van der Waals surface area (Å²) in [6.07, 6.45) is 0.919. The summed E-state index contributed by atoms with van der Waals surface area (Å²) >= 11 is 6.33. The third-order valence-corrected chi connectivity index (χ3v) is 4.54. The van der Waals surface area contributed by atoms with Crippen molar-refractivity contribution >= 4 is 11.6 Å². The predicted octanol–water partition coefficient (Wildman–Crippen LogP) is 4.69. The van der Waals surface area contributed by atoms with Gasteiger partial charge in [-0.05, 0) is 41.3 Å². The van der Waals surface area contributed by atoms with Crippen LogP contribution in [0.2, 0.25) is 5.02 Å². The van der Waals surface area contributed by atoms with Gasteiger partial charge in [0.15, 0.2) is 0 Å². The van der Waals surface area contributed by atoms with Crippen LogP contribution in [0.5, 0.6) is 5.75 Å². The lowest BCUT2D eigenvalue weighted by Crippen LogP contribution is -1.99. The van der Waals surface area contributed by atoms with E-state index in [-0.39, 0.29) is 5.92 Å². The zero-order chi connectivity index (χ0) is 16.2. The number of hydrogen-bond acceptors (Lipinski definition) is 3. The maximum atomic E-state index is 9.04. The van der Waals surface area contributed by atoms with Gasteiger partial charge in [-0.3, -0.25) is 0 Å². The van der Waals surface area contributed by atoms with E-state index in [2.05, 4.69) is 12.1 Å². The number of halogens is 1. The number of nitrogens with zero attached hydrogens (tertiary/aromatic N) is 1. The van der Waals surface area contributed by atoms with Crippen molar-refractivity contribution in [1.29, 1.82) is 5.26 Å². The van der Waals surface area contributed by atoms with E-state index in [1.807, 2.05) is 36.4 Å². The summed E-state index contributed by atoms with van der Waals surface area (Å²) in [6, 6.07) is 16.0. The standard InChI is InChI=1S/C19H18ClNO2/c1-22-15-7-5-13(6-8-15)11-23-12-18-16(3-2-4-19(18)20)17-9-14(17)10-21/h2-8,14,17H,9,11-12H2,1H3. The van der Waals surface area contributed by atoms with Gasteiger partial charge in [-0.15, -0.1) is 0 Å². The molecule has 0 spiro atoms. The first-order valence-electron chi connectivity index (χ1n) is 7.60. The highest BCUT2D eigenvalue weighted by molar-refractivity contribution is 6.31. The van der Waals surface area contributed by atoms with Gasteiger partial charge in [0.25, 0.3) is 0 Å². The van der Waals surface area contributed by atoms with Crippen molar-refractivity contribution in [3.8, 4) is 11.8 Å². The molecule has 4 heteroatoms. The molecular weight excluding hydrogens is 310 g/mol. The summed E-state index contributed by atoms with van der Waals surface area (Å²) in [7, 11) is 1.65. The smallest absolute Gasteiger partial charge is 0.118 e. The van der Waals surface area contributed by atoms with Crippen LogP contribution in [0.3, 0.4) is 0 Å². The Bertz CT molecular complexity index is 721. The van der Waals surface area contributed by atoms with Gasteiger partial charge in [-0.2, -0.15) is 5.26 Å². The summed E-state index contributed by atoms with van der Waals surface area (Å²) in [6.45, 7) is 0.969. The van der Waals surface area contributed by atoms with Gasteiger partial charge in [0, 0.05) is 10.9 Å². The number of methoxy groups -OCH3 is 1. The number of ether oxygens (including phenoxy) is 2. The molecule has 3 nitrogen and oxygen atoms in total. The topological polar surface area (TPSA) is 42.2 Å². The molecule has 0 aromatic heterocycles. The molecule has 2 unspecified atom stereocenters. The number of rotatable bonds is 6. The Morgan fingerprint density at radius 2 is 1.96 bits per heavy atom. The number of nitriles is 1. The molecule has 0 aliphatic heterocycles. The summed E-state index contributed by atoms with van der Waals surface area (Å²) in [5.41, 5.74) is 3.24. The van der Waals surface area contributed by atoms with E-state index in [4.69, 9.17) is 26.3 Å². The van der Waals surface area contributed by atoms with Crippen LogP contribution in [-0.4, -0.2) is 7.11 Å². The second kappa shape index (κ2) is 7.04. The predicted molar refractivity (Wildman–Crippen MR) is 89.4 cm³/mol. The maximum Gasteiger partial charge on any atom is 0.118 e. The number of benzene rings is 2. The first-order valence-corrected chi connectivity index (χ1v) is 7.98. The van der Waals surface area contributed by atoms with Crippen LogP contribution in [0.1, 0.15) is 29.0 Å². The van der Waals surface area contributed by atoms with Gasteiger partial charge < -0.3 is 9.47 Å². The van der Waals surface area contributed by atoms with Gasteiger partial charge in [0.2, 0.25) is 0 Å². The van der Waals surface area contributed by atoms with E-state index in [9.17, 15) is 0 Å². The first kappa shape index (κ1) is 15.9. The van der Waals surface area contributed by atoms with Gasteiger partial charge >= 0.3 is 0 Å². The van der Waals surface area contributed by atoms with Crippen LogP contribution in [0.4, 0.5) is 0 Å². The molecular formula is C19H18ClNO2. The molecule has 2 aromatic carbocycles. The maximum absolute atomic E-state index is 9.04. The van der Waals surface area contributed by atoms with E-state index < -0.39 is 0 Å². The lowest BCUT2D eigenvalue weighted by molar-refractivity contribution is 0.106. The Kier molecular flexibility index (Phi) is 4.85. The average Bonchev–Trinajstić information content (AvgIpc) is 3.36. The molecule has 118 valence electrons. The molecule has 0 amide bonds. The Labute approximate surface area is 141 Å². The zero-order valence-electron chi connectivity index (χ0n) is 13.0. The largest absolute Gasteiger partial charge is 0.497 e. The van der Waals surface area contributed by atoms with Gasteiger partial charge in [0.05, 0.1) is 32.3 Å². The molecule has 23 heavy (non-hydrogen) atoms. The molecule has 3 rings (SSSR count). The summed E-state index contributed by atoms with van der Waals surface area (Å²) in [4.78, 5) is 0.